The number of para-hydroxylation sites is 1. The maximum Gasteiger partial charge on any atom is 0.246 e. The summed E-state index contributed by atoms with van der Waals surface area (Å²) in [5.41, 5.74) is 6.93. The molecule has 0 amide bonds. The Balaban J connectivity index is 1.88. The predicted molar refractivity (Wildman–Crippen MR) is 76.5 cm³/mol. The van der Waals surface area contributed by atoms with Crippen LogP contribution in [0.2, 0.25) is 0 Å². The molecule has 3 rings (SSSR count). The van der Waals surface area contributed by atoms with Crippen molar-refractivity contribution in [2.75, 3.05) is 23.7 Å². The van der Waals surface area contributed by atoms with Gasteiger partial charge in [0.1, 0.15) is 0 Å². The van der Waals surface area contributed by atoms with Crippen LogP contribution >= 0.6 is 0 Å². The van der Waals surface area contributed by atoms with Gasteiger partial charge >= 0.3 is 0 Å². The molecular weight excluding hydrogens is 238 g/mol. The van der Waals surface area contributed by atoms with Gasteiger partial charge in [-0.05, 0) is 25.0 Å². The van der Waals surface area contributed by atoms with Crippen molar-refractivity contribution in [1.82, 2.24) is 14.8 Å². The molecule has 1 aliphatic heterocycles. The zero-order chi connectivity index (χ0) is 13.1. The van der Waals surface area contributed by atoms with Crippen molar-refractivity contribution in [3.63, 3.8) is 0 Å². The molecule has 0 atom stereocenters. The van der Waals surface area contributed by atoms with Gasteiger partial charge in [0.05, 0.1) is 5.69 Å². The summed E-state index contributed by atoms with van der Waals surface area (Å²) in [6.45, 7) is 2.05. The number of aromatic nitrogens is 3. The summed E-state index contributed by atoms with van der Waals surface area (Å²) in [7, 11) is 0. The van der Waals surface area contributed by atoms with Crippen LogP contribution in [-0.4, -0.2) is 27.9 Å². The molecule has 5 heteroatoms. The molecule has 1 saturated heterocycles. The summed E-state index contributed by atoms with van der Waals surface area (Å²) in [6, 6.07) is 9.89. The Morgan fingerprint density at radius 1 is 0.947 bits per heavy atom. The van der Waals surface area contributed by atoms with Crippen LogP contribution in [0, 0.1) is 0 Å². The molecule has 1 aromatic heterocycles. The smallest absolute Gasteiger partial charge is 0.246 e. The van der Waals surface area contributed by atoms with Crippen LogP contribution < -0.4 is 10.6 Å². The molecule has 5 nitrogen and oxygen atoms in total. The van der Waals surface area contributed by atoms with Crippen molar-refractivity contribution in [2.24, 2.45) is 0 Å². The van der Waals surface area contributed by atoms with Gasteiger partial charge < -0.3 is 10.6 Å². The second-order valence-corrected chi connectivity index (χ2v) is 4.92. The zero-order valence-corrected chi connectivity index (χ0v) is 11.0. The second-order valence-electron chi connectivity index (χ2n) is 4.92. The lowest BCUT2D eigenvalue weighted by Gasteiger charge is -2.17. The summed E-state index contributed by atoms with van der Waals surface area (Å²) < 4.78 is 1.71. The van der Waals surface area contributed by atoms with E-state index < -0.39 is 0 Å². The van der Waals surface area contributed by atoms with Crippen LogP contribution in [0.4, 0.5) is 11.9 Å². The van der Waals surface area contributed by atoms with Crippen molar-refractivity contribution >= 4 is 11.9 Å². The van der Waals surface area contributed by atoms with E-state index in [1.54, 1.807) is 4.68 Å². The van der Waals surface area contributed by atoms with E-state index in [9.17, 15) is 0 Å². The summed E-state index contributed by atoms with van der Waals surface area (Å²) in [6.07, 6.45) is 5.01. The minimum absolute atomic E-state index is 0.449. The molecule has 1 aliphatic rings. The lowest BCUT2D eigenvalue weighted by molar-refractivity contribution is 0.726. The molecule has 1 fully saturated rings. The number of rotatable bonds is 2. The minimum Gasteiger partial charge on any atom is -0.368 e. The second kappa shape index (κ2) is 5.30. The van der Waals surface area contributed by atoms with E-state index in [1.165, 1.54) is 25.7 Å². The number of hydrogen-bond acceptors (Lipinski definition) is 4. The van der Waals surface area contributed by atoms with Gasteiger partial charge in [-0.25, -0.2) is 0 Å². The number of anilines is 2. The molecule has 0 saturated carbocycles. The van der Waals surface area contributed by atoms with Crippen LogP contribution in [0.5, 0.6) is 0 Å². The first-order valence-electron chi connectivity index (χ1n) is 6.87. The van der Waals surface area contributed by atoms with Crippen LogP contribution in [-0.2, 0) is 0 Å². The fourth-order valence-electron chi connectivity index (χ4n) is 2.48. The van der Waals surface area contributed by atoms with E-state index in [4.69, 9.17) is 5.73 Å². The average molecular weight is 257 g/mol. The maximum atomic E-state index is 5.98. The lowest BCUT2D eigenvalue weighted by Crippen LogP contribution is -2.25. The van der Waals surface area contributed by atoms with Crippen molar-refractivity contribution < 1.29 is 0 Å². The molecule has 19 heavy (non-hydrogen) atoms. The Kier molecular flexibility index (Phi) is 3.35. The Hall–Kier alpha value is -2.04. The first-order valence-corrected chi connectivity index (χ1v) is 6.87. The minimum atomic E-state index is 0.449. The Bertz CT molecular complexity index is 526. The predicted octanol–water partition coefficient (Wildman–Crippen LogP) is 2.23. The third-order valence-corrected chi connectivity index (χ3v) is 3.51. The molecule has 2 aromatic rings. The monoisotopic (exact) mass is 257 g/mol. The fraction of sp³-hybridized carbons (Fsp3) is 0.429. The van der Waals surface area contributed by atoms with Gasteiger partial charge in [-0.1, -0.05) is 31.0 Å². The van der Waals surface area contributed by atoms with Crippen LogP contribution in [0.1, 0.15) is 25.7 Å². The molecule has 2 heterocycles. The first kappa shape index (κ1) is 12.0. The third-order valence-electron chi connectivity index (χ3n) is 3.51. The summed E-state index contributed by atoms with van der Waals surface area (Å²) >= 11 is 0. The standard InChI is InChI=1S/C14H19N5/c15-13-16-14(18-10-6-1-2-7-11-18)17-19(13)12-8-4-3-5-9-12/h3-5,8-9H,1-2,6-7,10-11H2,(H2,15,16,17). The van der Waals surface area contributed by atoms with Crippen LogP contribution in [0.25, 0.3) is 5.69 Å². The Morgan fingerprint density at radius 3 is 2.32 bits per heavy atom. The van der Waals surface area contributed by atoms with Gasteiger partial charge in [-0.2, -0.15) is 9.67 Å². The molecule has 0 aliphatic carbocycles. The molecule has 100 valence electrons. The van der Waals surface area contributed by atoms with E-state index in [0.717, 1.165) is 24.7 Å². The van der Waals surface area contributed by atoms with Crippen molar-refractivity contribution in [2.45, 2.75) is 25.7 Å². The number of benzene rings is 1. The Morgan fingerprint density at radius 2 is 1.63 bits per heavy atom. The van der Waals surface area contributed by atoms with Crippen molar-refractivity contribution in [3.05, 3.63) is 30.3 Å². The maximum absolute atomic E-state index is 5.98. The molecule has 0 bridgehead atoms. The summed E-state index contributed by atoms with van der Waals surface area (Å²) in [5.74, 6) is 1.20. The van der Waals surface area contributed by atoms with Crippen molar-refractivity contribution in [1.29, 1.82) is 0 Å². The number of nitrogens with zero attached hydrogens (tertiary/aromatic N) is 4. The largest absolute Gasteiger partial charge is 0.368 e. The van der Waals surface area contributed by atoms with E-state index in [1.807, 2.05) is 30.3 Å². The van der Waals surface area contributed by atoms with Gasteiger partial charge in [-0.15, -0.1) is 5.10 Å². The van der Waals surface area contributed by atoms with Crippen LogP contribution in [0.3, 0.4) is 0 Å². The van der Waals surface area contributed by atoms with E-state index in [-0.39, 0.29) is 0 Å². The fourth-order valence-corrected chi connectivity index (χ4v) is 2.48. The highest BCUT2D eigenvalue weighted by molar-refractivity contribution is 5.43. The van der Waals surface area contributed by atoms with Gasteiger partial charge in [0.2, 0.25) is 11.9 Å². The van der Waals surface area contributed by atoms with E-state index >= 15 is 0 Å². The topological polar surface area (TPSA) is 60.0 Å². The van der Waals surface area contributed by atoms with Gasteiger partial charge in [0.15, 0.2) is 0 Å². The van der Waals surface area contributed by atoms with E-state index in [0.29, 0.717) is 5.95 Å². The molecule has 0 unspecified atom stereocenters. The van der Waals surface area contributed by atoms with Crippen LogP contribution in [0.15, 0.2) is 30.3 Å². The SMILES string of the molecule is Nc1nc(N2CCCCCC2)nn1-c1ccccc1. The molecular formula is C14H19N5. The highest BCUT2D eigenvalue weighted by Crippen LogP contribution is 2.19. The van der Waals surface area contributed by atoms with Crippen molar-refractivity contribution in [3.8, 4) is 5.69 Å². The number of hydrogen-bond donors (Lipinski definition) is 1. The summed E-state index contributed by atoms with van der Waals surface area (Å²) in [5, 5.41) is 4.55. The normalized spacial score (nSPS) is 16.3. The zero-order valence-electron chi connectivity index (χ0n) is 11.0. The Labute approximate surface area is 113 Å². The number of nitrogens with two attached hydrogens (primary N) is 1. The first-order chi connectivity index (χ1) is 9.34. The molecule has 2 N–H and O–H groups in total. The quantitative estimate of drug-likeness (QED) is 0.896. The van der Waals surface area contributed by atoms with Gasteiger partial charge in [-0.3, -0.25) is 0 Å². The number of nitrogen functional groups attached to an aromatic ring is 1. The molecule has 0 spiro atoms. The molecule has 1 aromatic carbocycles. The van der Waals surface area contributed by atoms with Gasteiger partial charge in [0, 0.05) is 13.1 Å². The summed E-state index contributed by atoms with van der Waals surface area (Å²) in [4.78, 5) is 6.65. The third kappa shape index (κ3) is 2.54. The highest BCUT2D eigenvalue weighted by Gasteiger charge is 2.16. The van der Waals surface area contributed by atoms with Gasteiger partial charge in [0.25, 0.3) is 0 Å². The average Bonchev–Trinajstić information content (AvgIpc) is 2.67. The molecule has 0 radical (unpaired) electrons. The highest BCUT2D eigenvalue weighted by atomic mass is 15.4. The lowest BCUT2D eigenvalue weighted by atomic mass is 10.2. The van der Waals surface area contributed by atoms with E-state index in [2.05, 4.69) is 15.0 Å².